The number of imidazole rings is 1. The predicted molar refractivity (Wildman–Crippen MR) is 103 cm³/mol. The summed E-state index contributed by atoms with van der Waals surface area (Å²) in [5.41, 5.74) is 3.77. The van der Waals surface area contributed by atoms with Crippen molar-refractivity contribution in [3.8, 4) is 0 Å². The molecule has 2 heterocycles. The largest absolute Gasteiger partial charge is 0.368 e. The number of aromatic nitrogens is 2. The molecule has 0 spiro atoms. The smallest absolute Gasteiger partial charge is 0.326 e. The fraction of sp³-hybridized carbons (Fsp3) is 0.300. The number of nitrogens with zero attached hydrogens (tertiary/aromatic N) is 3. The van der Waals surface area contributed by atoms with Gasteiger partial charge in [-0.05, 0) is 30.7 Å². The molecule has 0 bridgehead atoms. The van der Waals surface area contributed by atoms with E-state index in [4.69, 9.17) is 0 Å². The van der Waals surface area contributed by atoms with E-state index in [1.807, 2.05) is 41.3 Å². The minimum absolute atomic E-state index is 0.0127. The van der Waals surface area contributed by atoms with E-state index in [0.29, 0.717) is 13.1 Å². The summed E-state index contributed by atoms with van der Waals surface area (Å²) in [5, 5.41) is 0. The molecule has 1 aliphatic rings. The lowest BCUT2D eigenvalue weighted by Gasteiger charge is -2.36. The molecular formula is C20H22N4O2. The summed E-state index contributed by atoms with van der Waals surface area (Å²) in [6.07, 6.45) is 0. The molecule has 1 aliphatic heterocycles. The van der Waals surface area contributed by atoms with Crippen LogP contribution in [0.15, 0.2) is 53.3 Å². The number of carbonyl (C=O) groups is 1. The summed E-state index contributed by atoms with van der Waals surface area (Å²) < 4.78 is 1.52. The van der Waals surface area contributed by atoms with E-state index in [0.717, 1.165) is 24.1 Å². The maximum absolute atomic E-state index is 12.7. The number of amides is 1. The van der Waals surface area contributed by atoms with Gasteiger partial charge in [0.1, 0.15) is 6.54 Å². The Bertz CT molecular complexity index is 996. The number of aromatic amines is 1. The molecule has 0 saturated carbocycles. The number of piperazine rings is 1. The molecule has 1 aromatic heterocycles. The normalized spacial score (nSPS) is 14.8. The minimum Gasteiger partial charge on any atom is -0.368 e. The second-order valence-corrected chi connectivity index (χ2v) is 6.69. The Balaban J connectivity index is 1.45. The Morgan fingerprint density at radius 3 is 2.46 bits per heavy atom. The highest BCUT2D eigenvalue weighted by Gasteiger charge is 2.23. The number of nitrogens with one attached hydrogen (secondary N) is 1. The molecule has 0 aliphatic carbocycles. The molecule has 3 aromatic rings. The fourth-order valence-corrected chi connectivity index (χ4v) is 3.61. The highest BCUT2D eigenvalue weighted by atomic mass is 16.2. The molecule has 26 heavy (non-hydrogen) atoms. The fourth-order valence-electron chi connectivity index (χ4n) is 3.61. The van der Waals surface area contributed by atoms with Crippen LogP contribution in [-0.4, -0.2) is 46.5 Å². The van der Waals surface area contributed by atoms with E-state index in [9.17, 15) is 9.59 Å². The quantitative estimate of drug-likeness (QED) is 0.786. The third kappa shape index (κ3) is 2.98. The van der Waals surface area contributed by atoms with Crippen molar-refractivity contribution in [1.82, 2.24) is 14.5 Å². The van der Waals surface area contributed by atoms with Gasteiger partial charge in [0, 0.05) is 31.9 Å². The van der Waals surface area contributed by atoms with Crippen LogP contribution in [0.4, 0.5) is 5.69 Å². The van der Waals surface area contributed by atoms with Gasteiger partial charge in [0.15, 0.2) is 0 Å². The van der Waals surface area contributed by atoms with Crippen molar-refractivity contribution >= 4 is 22.6 Å². The molecule has 1 amide bonds. The molecule has 1 saturated heterocycles. The topological polar surface area (TPSA) is 61.3 Å². The van der Waals surface area contributed by atoms with Crippen LogP contribution in [0, 0.1) is 6.92 Å². The molecular weight excluding hydrogens is 328 g/mol. The van der Waals surface area contributed by atoms with Crippen LogP contribution in [-0.2, 0) is 11.3 Å². The second kappa shape index (κ2) is 6.71. The Morgan fingerprint density at radius 1 is 1.00 bits per heavy atom. The number of hydrogen-bond donors (Lipinski definition) is 1. The van der Waals surface area contributed by atoms with E-state index in [1.54, 1.807) is 0 Å². The maximum atomic E-state index is 12.7. The molecule has 0 radical (unpaired) electrons. The second-order valence-electron chi connectivity index (χ2n) is 6.69. The van der Waals surface area contributed by atoms with Crippen LogP contribution in [0.1, 0.15) is 5.56 Å². The highest BCUT2D eigenvalue weighted by Crippen LogP contribution is 2.21. The Kier molecular flexibility index (Phi) is 4.24. The van der Waals surface area contributed by atoms with Crippen molar-refractivity contribution in [2.45, 2.75) is 13.5 Å². The molecule has 6 nitrogen and oxygen atoms in total. The number of anilines is 1. The predicted octanol–water partition coefficient (Wildman–Crippen LogP) is 1.99. The first-order valence-electron chi connectivity index (χ1n) is 8.89. The van der Waals surface area contributed by atoms with Crippen molar-refractivity contribution in [2.24, 2.45) is 0 Å². The molecule has 1 fully saturated rings. The first-order chi connectivity index (χ1) is 12.6. The average molecular weight is 350 g/mol. The first kappa shape index (κ1) is 16.4. The van der Waals surface area contributed by atoms with Gasteiger partial charge in [-0.15, -0.1) is 0 Å². The van der Waals surface area contributed by atoms with Crippen LogP contribution in [0.2, 0.25) is 0 Å². The number of rotatable bonds is 3. The number of carbonyl (C=O) groups excluding carboxylic acids is 1. The summed E-state index contributed by atoms with van der Waals surface area (Å²) in [6, 6.07) is 15.8. The van der Waals surface area contributed by atoms with E-state index < -0.39 is 0 Å². The molecule has 1 N–H and O–H groups in total. The van der Waals surface area contributed by atoms with Crippen molar-refractivity contribution in [2.75, 3.05) is 31.1 Å². The number of para-hydroxylation sites is 3. The van der Waals surface area contributed by atoms with Crippen molar-refractivity contribution in [3.05, 3.63) is 64.6 Å². The van der Waals surface area contributed by atoms with Gasteiger partial charge in [-0.1, -0.05) is 30.3 Å². The number of H-pyrrole nitrogens is 1. The monoisotopic (exact) mass is 350 g/mol. The van der Waals surface area contributed by atoms with Gasteiger partial charge in [0.25, 0.3) is 0 Å². The lowest BCUT2D eigenvalue weighted by Crippen LogP contribution is -2.50. The van der Waals surface area contributed by atoms with Gasteiger partial charge >= 0.3 is 5.69 Å². The number of benzene rings is 2. The van der Waals surface area contributed by atoms with Crippen molar-refractivity contribution in [3.63, 3.8) is 0 Å². The van der Waals surface area contributed by atoms with E-state index in [1.165, 1.54) is 15.8 Å². The summed E-state index contributed by atoms with van der Waals surface area (Å²) in [6.45, 7) is 5.14. The van der Waals surface area contributed by atoms with Gasteiger partial charge in [0.2, 0.25) is 5.91 Å². The third-order valence-corrected chi connectivity index (χ3v) is 5.06. The summed E-state index contributed by atoms with van der Waals surface area (Å²) in [7, 11) is 0. The highest BCUT2D eigenvalue weighted by molar-refractivity contribution is 5.80. The zero-order valence-corrected chi connectivity index (χ0v) is 14.8. The number of fused-ring (bicyclic) bond motifs is 1. The van der Waals surface area contributed by atoms with Crippen LogP contribution >= 0.6 is 0 Å². The van der Waals surface area contributed by atoms with Crippen LogP contribution < -0.4 is 10.6 Å². The van der Waals surface area contributed by atoms with Gasteiger partial charge in [-0.3, -0.25) is 9.36 Å². The molecule has 0 atom stereocenters. The summed E-state index contributed by atoms with van der Waals surface area (Å²) in [4.78, 5) is 31.8. The van der Waals surface area contributed by atoms with E-state index >= 15 is 0 Å². The standard InChI is InChI=1S/C20H22N4O2/c1-15-6-2-4-8-17(15)22-10-12-23(13-11-22)19(25)14-24-18-9-5-3-7-16(18)21-20(24)26/h2-9H,10-14H2,1H3,(H,21,26). The molecule has 134 valence electrons. The van der Waals surface area contributed by atoms with E-state index in [2.05, 4.69) is 28.9 Å². The van der Waals surface area contributed by atoms with Gasteiger partial charge in [-0.25, -0.2) is 4.79 Å². The maximum Gasteiger partial charge on any atom is 0.326 e. The van der Waals surface area contributed by atoms with Crippen LogP contribution in [0.3, 0.4) is 0 Å². The van der Waals surface area contributed by atoms with Gasteiger partial charge in [-0.2, -0.15) is 0 Å². The summed E-state index contributed by atoms with van der Waals surface area (Å²) in [5.74, 6) is -0.0127. The molecule has 4 rings (SSSR count). The lowest BCUT2D eigenvalue weighted by atomic mass is 10.1. The molecule has 0 unspecified atom stereocenters. The number of aryl methyl sites for hydroxylation is 1. The van der Waals surface area contributed by atoms with Gasteiger partial charge < -0.3 is 14.8 Å². The van der Waals surface area contributed by atoms with Crippen molar-refractivity contribution < 1.29 is 4.79 Å². The van der Waals surface area contributed by atoms with Crippen molar-refractivity contribution in [1.29, 1.82) is 0 Å². The zero-order valence-electron chi connectivity index (χ0n) is 14.8. The lowest BCUT2D eigenvalue weighted by molar-refractivity contribution is -0.132. The average Bonchev–Trinajstić information content (AvgIpc) is 2.98. The van der Waals surface area contributed by atoms with E-state index in [-0.39, 0.29) is 18.1 Å². The minimum atomic E-state index is -0.238. The Hall–Kier alpha value is -3.02. The Morgan fingerprint density at radius 2 is 1.69 bits per heavy atom. The zero-order chi connectivity index (χ0) is 18.1. The summed E-state index contributed by atoms with van der Waals surface area (Å²) >= 11 is 0. The molecule has 2 aromatic carbocycles. The first-order valence-corrected chi connectivity index (χ1v) is 8.89. The Labute approximate surface area is 151 Å². The van der Waals surface area contributed by atoms with Crippen LogP contribution in [0.25, 0.3) is 11.0 Å². The third-order valence-electron chi connectivity index (χ3n) is 5.06. The SMILES string of the molecule is Cc1ccccc1N1CCN(C(=O)Cn2c(=O)[nH]c3ccccc32)CC1. The molecule has 6 heteroatoms. The van der Waals surface area contributed by atoms with Gasteiger partial charge in [0.05, 0.1) is 11.0 Å². The number of hydrogen-bond acceptors (Lipinski definition) is 3. The van der Waals surface area contributed by atoms with Crippen LogP contribution in [0.5, 0.6) is 0 Å².